The fraction of sp³-hybridized carbons (Fsp3) is 0.214. The molecule has 4 N–H and O–H groups in total. The zero-order valence-corrected chi connectivity index (χ0v) is 10.7. The molecule has 0 saturated carbocycles. The fourth-order valence-corrected chi connectivity index (χ4v) is 2.43. The summed E-state index contributed by atoms with van der Waals surface area (Å²) in [5.74, 6) is 0.536. The van der Waals surface area contributed by atoms with Crippen LogP contribution in [0.25, 0.3) is 0 Å². The largest absolute Gasteiger partial charge is 0.351 e. The second-order valence-corrected chi connectivity index (χ2v) is 4.77. The Morgan fingerprint density at radius 1 is 1.25 bits per heavy atom. The van der Waals surface area contributed by atoms with Crippen LogP contribution in [0.4, 0.5) is 5.95 Å². The van der Waals surface area contributed by atoms with E-state index in [4.69, 9.17) is 6.62 Å². The molecule has 102 valence electrons. The van der Waals surface area contributed by atoms with Crippen LogP contribution in [0.5, 0.6) is 0 Å². The number of benzene rings is 1. The van der Waals surface area contributed by atoms with E-state index < -0.39 is 0 Å². The maximum Gasteiger partial charge on any atom is 0.222 e. The number of hydroxylamine groups is 1. The molecule has 3 rings (SSSR count). The zero-order chi connectivity index (χ0) is 14.7. The van der Waals surface area contributed by atoms with Crippen LogP contribution in [0.3, 0.4) is 0 Å². The topological polar surface area (TPSA) is 93.9 Å². The molecule has 0 amide bonds. The third-order valence-electron chi connectivity index (χ3n) is 3.42. The average Bonchev–Trinajstić information content (AvgIpc) is 2.92. The van der Waals surface area contributed by atoms with Crippen molar-refractivity contribution in [2.45, 2.75) is 18.9 Å². The summed E-state index contributed by atoms with van der Waals surface area (Å²) < 4.78 is 6.90. The van der Waals surface area contributed by atoms with E-state index in [1.807, 2.05) is 5.48 Å². The molecule has 2 aromatic rings. The molecule has 0 aliphatic heterocycles. The molecule has 0 bridgehead atoms. The normalized spacial score (nSPS) is 15.7. The summed E-state index contributed by atoms with van der Waals surface area (Å²) >= 11 is 0. The molecule has 6 nitrogen and oxygen atoms in total. The summed E-state index contributed by atoms with van der Waals surface area (Å²) in [5, 5.41) is 15.2. The van der Waals surface area contributed by atoms with Gasteiger partial charge in [0.1, 0.15) is 0 Å². The highest BCUT2D eigenvalue weighted by Crippen LogP contribution is 2.23. The van der Waals surface area contributed by atoms with Crippen LogP contribution in [0, 0.1) is 5.40 Å². The molecule has 6 heteroatoms. The number of aromatic nitrogens is 2. The minimum atomic E-state index is 0.00909. The monoisotopic (exact) mass is 269 g/mol. The van der Waals surface area contributed by atoms with Gasteiger partial charge in [0.05, 0.1) is 5.56 Å². The van der Waals surface area contributed by atoms with Gasteiger partial charge in [-0.2, -0.15) is 0 Å². The van der Waals surface area contributed by atoms with Crippen molar-refractivity contribution in [3.8, 4) is 0 Å². The highest BCUT2D eigenvalue weighted by molar-refractivity contribution is 5.94. The van der Waals surface area contributed by atoms with Crippen molar-refractivity contribution in [2.75, 3.05) is 5.32 Å². The zero-order valence-electron chi connectivity index (χ0n) is 11.7. The number of nitrogens with zero attached hydrogens (tertiary/aromatic N) is 2. The Morgan fingerprint density at radius 3 is 2.45 bits per heavy atom. The van der Waals surface area contributed by atoms with Crippen LogP contribution in [0.2, 0.25) is 1.41 Å². The third-order valence-corrected chi connectivity index (χ3v) is 3.42. The number of hydrogen-bond donors (Lipinski definition) is 4. The molecular formula is C14H15N5O. The smallest absolute Gasteiger partial charge is 0.222 e. The maximum absolute atomic E-state index is 8.81. The summed E-state index contributed by atoms with van der Waals surface area (Å²) in [7, 11) is 0. The lowest BCUT2D eigenvalue weighted by atomic mass is 10.1. The molecule has 1 aliphatic carbocycles. The molecule has 1 aliphatic rings. The van der Waals surface area contributed by atoms with Gasteiger partial charge < -0.3 is 5.32 Å². The van der Waals surface area contributed by atoms with Crippen molar-refractivity contribution in [1.82, 2.24) is 15.4 Å². The van der Waals surface area contributed by atoms with E-state index in [1.54, 1.807) is 0 Å². The molecule has 1 aromatic carbocycles. The van der Waals surface area contributed by atoms with Crippen molar-refractivity contribution in [3.63, 3.8) is 0 Å². The van der Waals surface area contributed by atoms with E-state index in [0.29, 0.717) is 11.5 Å². The number of fused-ring (bicyclic) bond motifs is 1. The Bertz CT molecular complexity index is 634. The van der Waals surface area contributed by atoms with Gasteiger partial charge in [0.2, 0.25) is 5.95 Å². The first-order chi connectivity index (χ1) is 10.3. The third kappa shape index (κ3) is 2.46. The highest BCUT2D eigenvalue weighted by atomic mass is 16.5. The van der Waals surface area contributed by atoms with Gasteiger partial charge >= 0.3 is 0 Å². The molecule has 0 spiro atoms. The molecule has 0 fully saturated rings. The number of anilines is 1. The summed E-state index contributed by atoms with van der Waals surface area (Å²) in [6.07, 6.45) is 4.93. The molecule has 0 radical (unpaired) electrons. The van der Waals surface area contributed by atoms with Crippen LogP contribution in [0.1, 0.15) is 16.7 Å². The van der Waals surface area contributed by atoms with E-state index >= 15 is 0 Å². The summed E-state index contributed by atoms with van der Waals surface area (Å²) in [6, 6.07) is 8.68. The molecule has 1 heterocycles. The summed E-state index contributed by atoms with van der Waals surface area (Å²) in [6.45, 7) is 0. The van der Waals surface area contributed by atoms with Crippen molar-refractivity contribution in [2.24, 2.45) is 0 Å². The van der Waals surface area contributed by atoms with E-state index in [0.717, 1.165) is 12.8 Å². The molecular weight excluding hydrogens is 254 g/mol. The first kappa shape index (κ1) is 11.4. The van der Waals surface area contributed by atoms with Gasteiger partial charge in [-0.05, 0) is 24.0 Å². The van der Waals surface area contributed by atoms with E-state index in [9.17, 15) is 0 Å². The Hall–Kier alpha value is -2.47. The van der Waals surface area contributed by atoms with Crippen LogP contribution < -0.4 is 10.8 Å². The molecule has 1 aromatic heterocycles. The van der Waals surface area contributed by atoms with Gasteiger partial charge in [0, 0.05) is 18.4 Å². The van der Waals surface area contributed by atoms with Gasteiger partial charge in [0.25, 0.3) is 0 Å². The van der Waals surface area contributed by atoms with Crippen molar-refractivity contribution >= 4 is 11.8 Å². The van der Waals surface area contributed by atoms with Gasteiger partial charge in [-0.15, -0.1) is 0 Å². The summed E-state index contributed by atoms with van der Waals surface area (Å²) in [4.78, 5) is 8.37. The molecule has 20 heavy (non-hydrogen) atoms. The lowest BCUT2D eigenvalue weighted by molar-refractivity contribution is 0.234. The second-order valence-electron chi connectivity index (χ2n) is 4.77. The van der Waals surface area contributed by atoms with Crippen LogP contribution >= 0.6 is 0 Å². The Balaban J connectivity index is 1.67. The van der Waals surface area contributed by atoms with Crippen LogP contribution in [-0.4, -0.2) is 27.1 Å². The first-order valence-corrected chi connectivity index (χ1v) is 6.38. The number of nitrogens with one attached hydrogen (secondary N) is 3. The van der Waals surface area contributed by atoms with Gasteiger partial charge in [-0.1, -0.05) is 24.3 Å². The van der Waals surface area contributed by atoms with Crippen LogP contribution in [-0.2, 0) is 12.8 Å². The number of amidine groups is 1. The lowest BCUT2D eigenvalue weighted by Gasteiger charge is -2.11. The SMILES string of the molecule is [H]/N=C(\NO)c1cnc(NC2Cc3ccccc3C2)nc1. The maximum atomic E-state index is 8.81. The van der Waals surface area contributed by atoms with Crippen molar-refractivity contribution in [1.29, 1.82) is 5.40 Å². The second kappa shape index (κ2) is 5.26. The summed E-state index contributed by atoms with van der Waals surface area (Å²) in [5.41, 5.74) is 5.01. The minimum absolute atomic E-state index is 0.00909. The minimum Gasteiger partial charge on any atom is -0.351 e. The molecule has 0 unspecified atom stereocenters. The van der Waals surface area contributed by atoms with Gasteiger partial charge in [-0.25, -0.2) is 9.97 Å². The van der Waals surface area contributed by atoms with E-state index in [2.05, 4.69) is 45.0 Å². The van der Waals surface area contributed by atoms with E-state index in [-0.39, 0.29) is 11.9 Å². The molecule has 0 atom stereocenters. The first-order valence-electron chi connectivity index (χ1n) is 6.83. The predicted octanol–water partition coefficient (Wildman–Crippen LogP) is 1.36. The number of rotatable bonds is 3. The quantitative estimate of drug-likeness (QED) is 0.383. The fourth-order valence-electron chi connectivity index (χ4n) is 2.43. The Kier molecular flexibility index (Phi) is 2.99. The van der Waals surface area contributed by atoms with Crippen LogP contribution in [0.15, 0.2) is 36.7 Å². The van der Waals surface area contributed by atoms with Crippen molar-refractivity contribution < 1.29 is 6.62 Å². The predicted molar refractivity (Wildman–Crippen MR) is 75.0 cm³/mol. The van der Waals surface area contributed by atoms with Gasteiger partial charge in [-0.3, -0.25) is 16.1 Å². The number of hydrogen-bond acceptors (Lipinski definition) is 5. The standard InChI is InChI=1S/C14H15N5O/c15-13(19-20)11-7-16-14(17-8-11)18-12-5-9-3-1-2-4-10(9)6-12/h1-4,7-8,12,20H,5-6H2,(H2,15,19)(H,16,17,18). The van der Waals surface area contributed by atoms with E-state index in [1.165, 1.54) is 23.5 Å². The van der Waals surface area contributed by atoms with Crippen molar-refractivity contribution in [3.05, 3.63) is 53.3 Å². The highest BCUT2D eigenvalue weighted by Gasteiger charge is 2.21. The Morgan fingerprint density at radius 2 is 1.90 bits per heavy atom. The lowest BCUT2D eigenvalue weighted by Crippen LogP contribution is -2.22. The Labute approximate surface area is 117 Å². The average molecular weight is 269 g/mol. The molecule has 0 saturated heterocycles. The van der Waals surface area contributed by atoms with Gasteiger partial charge in [0.15, 0.2) is 7.25 Å².